The van der Waals surface area contributed by atoms with Crippen LogP contribution >= 0.6 is 0 Å². The molecule has 1 fully saturated rings. The van der Waals surface area contributed by atoms with Crippen LogP contribution in [0.3, 0.4) is 0 Å². The van der Waals surface area contributed by atoms with Crippen LogP contribution in [0, 0.1) is 0 Å². The Morgan fingerprint density at radius 2 is 1.91 bits per heavy atom. The minimum atomic E-state index is 0.199. The number of nitrogens with one attached hydrogen (secondary N) is 1. The van der Waals surface area contributed by atoms with E-state index in [2.05, 4.69) is 61.1 Å². The maximum Gasteiger partial charge on any atom is 0.143 e. The van der Waals surface area contributed by atoms with Crippen molar-refractivity contribution in [3.8, 4) is 5.75 Å². The lowest BCUT2D eigenvalue weighted by Gasteiger charge is -2.35. The van der Waals surface area contributed by atoms with Gasteiger partial charge in [0.15, 0.2) is 0 Å². The maximum absolute atomic E-state index is 6.09. The van der Waals surface area contributed by atoms with E-state index in [9.17, 15) is 0 Å². The van der Waals surface area contributed by atoms with Crippen molar-refractivity contribution in [1.29, 1.82) is 0 Å². The largest absolute Gasteiger partial charge is 0.489 e. The number of nitrogens with zero attached hydrogens (tertiary/aromatic N) is 2. The van der Waals surface area contributed by atoms with E-state index in [4.69, 9.17) is 4.74 Å². The molecule has 0 unspecified atom stereocenters. The summed E-state index contributed by atoms with van der Waals surface area (Å²) < 4.78 is 6.09. The van der Waals surface area contributed by atoms with Crippen LogP contribution in [0.4, 0.5) is 5.69 Å². The van der Waals surface area contributed by atoms with Crippen LogP contribution in [0.1, 0.15) is 32.8 Å². The van der Waals surface area contributed by atoms with Crippen LogP contribution in [0.15, 0.2) is 18.2 Å². The molecular weight excluding hydrogens is 274 g/mol. The average molecular weight is 305 g/mol. The summed E-state index contributed by atoms with van der Waals surface area (Å²) >= 11 is 0. The number of rotatable bonds is 7. The van der Waals surface area contributed by atoms with Crippen molar-refractivity contribution in [2.45, 2.75) is 39.8 Å². The molecule has 0 amide bonds. The van der Waals surface area contributed by atoms with Gasteiger partial charge < -0.3 is 19.9 Å². The minimum Gasteiger partial charge on any atom is -0.489 e. The lowest BCUT2D eigenvalue weighted by molar-refractivity contribution is 0.241. The lowest BCUT2D eigenvalue weighted by Crippen LogP contribution is -2.44. The minimum absolute atomic E-state index is 0.199. The number of hydrogen-bond acceptors (Lipinski definition) is 4. The van der Waals surface area contributed by atoms with Crippen molar-refractivity contribution in [3.63, 3.8) is 0 Å². The number of likely N-dealkylation sites (N-methyl/N-ethyl adjacent to an activating group) is 1. The molecule has 1 heterocycles. The first kappa shape index (κ1) is 17.1. The van der Waals surface area contributed by atoms with Gasteiger partial charge in [-0.05, 0) is 51.6 Å². The third-order valence-corrected chi connectivity index (χ3v) is 3.99. The second-order valence-electron chi connectivity index (χ2n) is 6.44. The van der Waals surface area contributed by atoms with Gasteiger partial charge in [0.2, 0.25) is 0 Å². The third kappa shape index (κ3) is 4.89. The Hall–Kier alpha value is -1.26. The highest BCUT2D eigenvalue weighted by Gasteiger charge is 2.18. The Bertz CT molecular complexity index is 454. The van der Waals surface area contributed by atoms with Crippen molar-refractivity contribution >= 4 is 5.69 Å². The number of anilines is 1. The molecule has 4 heteroatoms. The normalized spacial score (nSPS) is 16.3. The molecule has 124 valence electrons. The number of benzene rings is 1. The first-order valence-electron chi connectivity index (χ1n) is 8.54. The van der Waals surface area contributed by atoms with Crippen molar-refractivity contribution < 1.29 is 4.74 Å². The van der Waals surface area contributed by atoms with E-state index >= 15 is 0 Å². The molecule has 0 radical (unpaired) electrons. The van der Waals surface area contributed by atoms with E-state index in [1.807, 2.05) is 0 Å². The highest BCUT2D eigenvalue weighted by atomic mass is 16.5. The Morgan fingerprint density at radius 1 is 1.18 bits per heavy atom. The molecule has 1 aliphatic rings. The van der Waals surface area contributed by atoms with E-state index in [0.29, 0.717) is 0 Å². The Kier molecular flexibility index (Phi) is 6.52. The third-order valence-electron chi connectivity index (χ3n) is 3.99. The summed E-state index contributed by atoms with van der Waals surface area (Å²) in [7, 11) is 2.19. The van der Waals surface area contributed by atoms with Crippen molar-refractivity contribution in [2.24, 2.45) is 0 Å². The molecule has 1 aliphatic heterocycles. The molecule has 0 saturated carbocycles. The van der Waals surface area contributed by atoms with E-state index in [-0.39, 0.29) is 6.10 Å². The van der Waals surface area contributed by atoms with Gasteiger partial charge in [0.05, 0.1) is 11.8 Å². The standard InChI is InChI=1S/C18H31N3O/c1-5-8-19-14-16-6-7-17(18(13-16)22-15(2)3)21-11-9-20(4)10-12-21/h6-7,13,15,19H,5,8-12,14H2,1-4H3. The molecule has 1 N–H and O–H groups in total. The fraction of sp³-hybridized carbons (Fsp3) is 0.667. The molecule has 1 aromatic rings. The maximum atomic E-state index is 6.09. The summed E-state index contributed by atoms with van der Waals surface area (Å²) in [6, 6.07) is 6.66. The highest BCUT2D eigenvalue weighted by Crippen LogP contribution is 2.31. The summed E-state index contributed by atoms with van der Waals surface area (Å²) in [5.41, 5.74) is 2.53. The first-order valence-corrected chi connectivity index (χ1v) is 8.54. The van der Waals surface area contributed by atoms with Gasteiger partial charge >= 0.3 is 0 Å². The van der Waals surface area contributed by atoms with Gasteiger partial charge in [-0.1, -0.05) is 13.0 Å². The highest BCUT2D eigenvalue weighted by molar-refractivity contribution is 5.60. The summed E-state index contributed by atoms with van der Waals surface area (Å²) in [4.78, 5) is 4.82. The fourth-order valence-corrected chi connectivity index (χ4v) is 2.73. The molecule has 1 saturated heterocycles. The van der Waals surface area contributed by atoms with E-state index in [0.717, 1.165) is 51.4 Å². The fourth-order valence-electron chi connectivity index (χ4n) is 2.73. The van der Waals surface area contributed by atoms with Crippen LogP contribution in [-0.2, 0) is 6.54 Å². The van der Waals surface area contributed by atoms with Crippen LogP contribution in [0.5, 0.6) is 5.75 Å². The Balaban J connectivity index is 2.13. The molecule has 0 aromatic heterocycles. The monoisotopic (exact) mass is 305 g/mol. The molecule has 0 atom stereocenters. The molecule has 22 heavy (non-hydrogen) atoms. The van der Waals surface area contributed by atoms with Crippen LogP contribution in [-0.4, -0.2) is 50.8 Å². The Morgan fingerprint density at radius 3 is 2.55 bits per heavy atom. The van der Waals surface area contributed by atoms with Crippen molar-refractivity contribution in [3.05, 3.63) is 23.8 Å². The zero-order valence-corrected chi connectivity index (χ0v) is 14.6. The first-order chi connectivity index (χ1) is 10.6. The Labute approximate surface area is 135 Å². The molecule has 0 aliphatic carbocycles. The number of hydrogen-bond donors (Lipinski definition) is 1. The van der Waals surface area contributed by atoms with Crippen LogP contribution < -0.4 is 15.0 Å². The molecule has 1 aromatic carbocycles. The predicted molar refractivity (Wildman–Crippen MR) is 93.9 cm³/mol. The summed E-state index contributed by atoms with van der Waals surface area (Å²) in [6.45, 7) is 12.7. The molecular formula is C18H31N3O. The average Bonchev–Trinajstić information content (AvgIpc) is 2.48. The van der Waals surface area contributed by atoms with Gasteiger partial charge in [-0.25, -0.2) is 0 Å². The van der Waals surface area contributed by atoms with Gasteiger partial charge in [-0.3, -0.25) is 0 Å². The van der Waals surface area contributed by atoms with E-state index < -0.39 is 0 Å². The zero-order chi connectivity index (χ0) is 15.9. The van der Waals surface area contributed by atoms with Gasteiger partial charge in [-0.15, -0.1) is 0 Å². The second-order valence-corrected chi connectivity index (χ2v) is 6.44. The van der Waals surface area contributed by atoms with Gasteiger partial charge in [0, 0.05) is 32.7 Å². The van der Waals surface area contributed by atoms with Gasteiger partial charge in [-0.2, -0.15) is 0 Å². The number of piperazine rings is 1. The van der Waals surface area contributed by atoms with Crippen molar-refractivity contribution in [2.75, 3.05) is 44.7 Å². The molecule has 2 rings (SSSR count). The summed E-state index contributed by atoms with van der Waals surface area (Å²) in [6.07, 6.45) is 1.36. The molecule has 4 nitrogen and oxygen atoms in total. The summed E-state index contributed by atoms with van der Waals surface area (Å²) in [5.74, 6) is 1.02. The zero-order valence-electron chi connectivity index (χ0n) is 14.6. The van der Waals surface area contributed by atoms with Crippen molar-refractivity contribution in [1.82, 2.24) is 10.2 Å². The van der Waals surface area contributed by atoms with Crippen LogP contribution in [0.25, 0.3) is 0 Å². The predicted octanol–water partition coefficient (Wildman–Crippen LogP) is 2.73. The van der Waals surface area contributed by atoms with Crippen LogP contribution in [0.2, 0.25) is 0 Å². The summed E-state index contributed by atoms with van der Waals surface area (Å²) in [5, 5.41) is 3.46. The van der Waals surface area contributed by atoms with Gasteiger partial charge in [0.1, 0.15) is 5.75 Å². The smallest absolute Gasteiger partial charge is 0.143 e. The molecule has 0 bridgehead atoms. The SMILES string of the molecule is CCCNCc1ccc(N2CCN(C)CC2)c(OC(C)C)c1. The number of ether oxygens (including phenoxy) is 1. The van der Waals surface area contributed by atoms with Gasteiger partial charge in [0.25, 0.3) is 0 Å². The van der Waals surface area contributed by atoms with E-state index in [1.54, 1.807) is 0 Å². The second kappa shape index (κ2) is 8.39. The quantitative estimate of drug-likeness (QED) is 0.784. The lowest BCUT2D eigenvalue weighted by atomic mass is 10.1. The molecule has 0 spiro atoms. The van der Waals surface area contributed by atoms with E-state index in [1.165, 1.54) is 11.3 Å². The topological polar surface area (TPSA) is 27.7 Å².